The Hall–Kier alpha value is -1.39. The molecule has 0 saturated carbocycles. The SMILES string of the molecule is Cc1cccc(NC(=O)CN2C(C)CCCC2CN)c1. The maximum Gasteiger partial charge on any atom is 0.238 e. The van der Waals surface area contributed by atoms with E-state index in [4.69, 9.17) is 5.73 Å². The fourth-order valence-electron chi connectivity index (χ4n) is 2.97. The summed E-state index contributed by atoms with van der Waals surface area (Å²) in [7, 11) is 0. The molecule has 1 aromatic rings. The summed E-state index contributed by atoms with van der Waals surface area (Å²) in [5, 5.41) is 2.97. The highest BCUT2D eigenvalue weighted by Crippen LogP contribution is 2.22. The quantitative estimate of drug-likeness (QED) is 0.885. The Labute approximate surface area is 121 Å². The molecule has 110 valence electrons. The van der Waals surface area contributed by atoms with Crippen molar-refractivity contribution in [2.75, 3.05) is 18.4 Å². The van der Waals surface area contributed by atoms with Crippen LogP contribution < -0.4 is 11.1 Å². The van der Waals surface area contributed by atoms with E-state index >= 15 is 0 Å². The zero-order chi connectivity index (χ0) is 14.5. The Bertz CT molecular complexity index is 461. The van der Waals surface area contributed by atoms with Gasteiger partial charge in [0, 0.05) is 24.3 Å². The average Bonchev–Trinajstić information content (AvgIpc) is 2.41. The highest BCUT2D eigenvalue weighted by atomic mass is 16.2. The van der Waals surface area contributed by atoms with Gasteiger partial charge >= 0.3 is 0 Å². The Morgan fingerprint density at radius 2 is 2.25 bits per heavy atom. The molecule has 3 N–H and O–H groups in total. The summed E-state index contributed by atoms with van der Waals surface area (Å²) >= 11 is 0. The number of rotatable bonds is 4. The van der Waals surface area contributed by atoms with E-state index in [9.17, 15) is 4.79 Å². The number of anilines is 1. The van der Waals surface area contributed by atoms with Gasteiger partial charge in [-0.3, -0.25) is 9.69 Å². The van der Waals surface area contributed by atoms with Crippen molar-refractivity contribution >= 4 is 11.6 Å². The van der Waals surface area contributed by atoms with Crippen LogP contribution in [0.1, 0.15) is 31.7 Å². The first-order chi connectivity index (χ1) is 9.60. The number of carbonyl (C=O) groups excluding carboxylic acids is 1. The summed E-state index contributed by atoms with van der Waals surface area (Å²) in [6, 6.07) is 8.65. The number of hydrogen-bond acceptors (Lipinski definition) is 3. The number of carbonyl (C=O) groups is 1. The number of benzene rings is 1. The predicted octanol–water partition coefficient (Wildman–Crippen LogP) is 2.14. The minimum atomic E-state index is 0.0443. The van der Waals surface area contributed by atoms with Crippen molar-refractivity contribution in [1.82, 2.24) is 4.90 Å². The summed E-state index contributed by atoms with van der Waals surface area (Å²) in [6.45, 7) is 5.26. The molecule has 1 aliphatic rings. The molecule has 1 saturated heterocycles. The number of hydrogen-bond donors (Lipinski definition) is 2. The molecule has 0 radical (unpaired) electrons. The minimum absolute atomic E-state index is 0.0443. The van der Waals surface area contributed by atoms with Crippen molar-refractivity contribution in [3.8, 4) is 0 Å². The fraction of sp³-hybridized carbons (Fsp3) is 0.562. The van der Waals surface area contributed by atoms with Crippen molar-refractivity contribution in [3.63, 3.8) is 0 Å². The van der Waals surface area contributed by atoms with E-state index in [1.165, 1.54) is 6.42 Å². The topological polar surface area (TPSA) is 58.4 Å². The van der Waals surface area contributed by atoms with Crippen LogP contribution in [0.25, 0.3) is 0 Å². The molecule has 1 aliphatic heterocycles. The number of amides is 1. The van der Waals surface area contributed by atoms with Crippen LogP contribution in [0.2, 0.25) is 0 Å². The molecule has 2 rings (SSSR count). The lowest BCUT2D eigenvalue weighted by atomic mass is 9.96. The molecule has 2 unspecified atom stereocenters. The standard InChI is InChI=1S/C16H25N3O/c1-12-5-3-7-14(9-12)18-16(20)11-19-13(2)6-4-8-15(19)10-17/h3,5,7,9,13,15H,4,6,8,10-11,17H2,1-2H3,(H,18,20). The lowest BCUT2D eigenvalue weighted by Gasteiger charge is -2.39. The monoisotopic (exact) mass is 275 g/mol. The first kappa shape index (κ1) is 15.0. The Morgan fingerprint density at radius 1 is 1.45 bits per heavy atom. The van der Waals surface area contributed by atoms with E-state index < -0.39 is 0 Å². The van der Waals surface area contributed by atoms with E-state index in [0.29, 0.717) is 25.2 Å². The predicted molar refractivity (Wildman–Crippen MR) is 82.7 cm³/mol. The van der Waals surface area contributed by atoms with Gasteiger partial charge in [0.2, 0.25) is 5.91 Å². The van der Waals surface area contributed by atoms with Crippen molar-refractivity contribution < 1.29 is 4.79 Å². The first-order valence-electron chi connectivity index (χ1n) is 7.42. The lowest BCUT2D eigenvalue weighted by Crippen LogP contribution is -2.51. The molecule has 0 aliphatic carbocycles. The minimum Gasteiger partial charge on any atom is -0.329 e. The van der Waals surface area contributed by atoms with Gasteiger partial charge in [0.25, 0.3) is 0 Å². The number of nitrogens with zero attached hydrogens (tertiary/aromatic N) is 1. The van der Waals surface area contributed by atoms with Gasteiger partial charge < -0.3 is 11.1 Å². The van der Waals surface area contributed by atoms with Gasteiger partial charge in [-0.15, -0.1) is 0 Å². The van der Waals surface area contributed by atoms with E-state index in [0.717, 1.165) is 24.1 Å². The summed E-state index contributed by atoms with van der Waals surface area (Å²) in [6.07, 6.45) is 3.45. The molecule has 1 fully saturated rings. The molecule has 2 atom stereocenters. The van der Waals surface area contributed by atoms with Gasteiger partial charge in [0.15, 0.2) is 0 Å². The highest BCUT2D eigenvalue weighted by Gasteiger charge is 2.28. The number of nitrogens with one attached hydrogen (secondary N) is 1. The van der Waals surface area contributed by atoms with E-state index in [2.05, 4.69) is 17.1 Å². The molecule has 1 aromatic carbocycles. The normalized spacial score (nSPS) is 23.6. The molecule has 4 heteroatoms. The van der Waals surface area contributed by atoms with Crippen LogP contribution in [0, 0.1) is 6.92 Å². The van der Waals surface area contributed by atoms with Gasteiger partial charge in [-0.25, -0.2) is 0 Å². The third-order valence-electron chi connectivity index (χ3n) is 4.09. The van der Waals surface area contributed by atoms with Crippen molar-refractivity contribution in [3.05, 3.63) is 29.8 Å². The van der Waals surface area contributed by atoms with E-state index in [1.807, 2.05) is 31.2 Å². The van der Waals surface area contributed by atoms with Crippen molar-refractivity contribution in [2.45, 2.75) is 45.2 Å². The smallest absolute Gasteiger partial charge is 0.238 e. The van der Waals surface area contributed by atoms with Gasteiger partial charge in [-0.2, -0.15) is 0 Å². The Kier molecular flexibility index (Phi) is 5.15. The molecular formula is C16H25N3O. The summed E-state index contributed by atoms with van der Waals surface area (Å²) in [4.78, 5) is 14.5. The highest BCUT2D eigenvalue weighted by molar-refractivity contribution is 5.92. The third kappa shape index (κ3) is 3.81. The van der Waals surface area contributed by atoms with Crippen LogP contribution in [0.4, 0.5) is 5.69 Å². The largest absolute Gasteiger partial charge is 0.329 e. The summed E-state index contributed by atoms with van der Waals surface area (Å²) < 4.78 is 0. The van der Waals surface area contributed by atoms with E-state index in [-0.39, 0.29) is 5.91 Å². The first-order valence-corrected chi connectivity index (χ1v) is 7.42. The molecular weight excluding hydrogens is 250 g/mol. The second kappa shape index (κ2) is 6.86. The lowest BCUT2D eigenvalue weighted by molar-refractivity contribution is -0.118. The van der Waals surface area contributed by atoms with Crippen LogP contribution in [0.15, 0.2) is 24.3 Å². The fourth-order valence-corrected chi connectivity index (χ4v) is 2.97. The zero-order valence-corrected chi connectivity index (χ0v) is 12.4. The molecule has 0 aromatic heterocycles. The maximum atomic E-state index is 12.2. The van der Waals surface area contributed by atoms with Gasteiger partial charge in [0.05, 0.1) is 6.54 Å². The number of aryl methyl sites for hydroxylation is 1. The molecule has 4 nitrogen and oxygen atoms in total. The molecule has 0 bridgehead atoms. The van der Waals surface area contributed by atoms with Gasteiger partial charge in [0.1, 0.15) is 0 Å². The summed E-state index contributed by atoms with van der Waals surface area (Å²) in [5.41, 5.74) is 7.84. The molecule has 1 heterocycles. The van der Waals surface area contributed by atoms with E-state index in [1.54, 1.807) is 0 Å². The van der Waals surface area contributed by atoms with Crippen molar-refractivity contribution in [2.24, 2.45) is 5.73 Å². The number of likely N-dealkylation sites (tertiary alicyclic amines) is 1. The van der Waals surface area contributed by atoms with Crippen LogP contribution in [0.5, 0.6) is 0 Å². The van der Waals surface area contributed by atoms with Crippen LogP contribution in [0.3, 0.4) is 0 Å². The second-order valence-electron chi connectivity index (χ2n) is 5.76. The second-order valence-corrected chi connectivity index (χ2v) is 5.76. The Morgan fingerprint density at radius 3 is 2.95 bits per heavy atom. The summed E-state index contributed by atoms with van der Waals surface area (Å²) in [5.74, 6) is 0.0443. The average molecular weight is 275 g/mol. The Balaban J connectivity index is 1.96. The molecule has 20 heavy (non-hydrogen) atoms. The van der Waals surface area contributed by atoms with Gasteiger partial charge in [-0.05, 0) is 44.4 Å². The van der Waals surface area contributed by atoms with Crippen LogP contribution in [-0.2, 0) is 4.79 Å². The van der Waals surface area contributed by atoms with Gasteiger partial charge in [-0.1, -0.05) is 18.6 Å². The van der Waals surface area contributed by atoms with Crippen LogP contribution >= 0.6 is 0 Å². The third-order valence-corrected chi connectivity index (χ3v) is 4.09. The molecule has 1 amide bonds. The van der Waals surface area contributed by atoms with Crippen molar-refractivity contribution in [1.29, 1.82) is 0 Å². The number of piperidine rings is 1. The molecule has 0 spiro atoms. The zero-order valence-electron chi connectivity index (χ0n) is 12.4. The van der Waals surface area contributed by atoms with Crippen LogP contribution in [-0.4, -0.2) is 36.0 Å². The number of nitrogens with two attached hydrogens (primary N) is 1. The maximum absolute atomic E-state index is 12.2.